The predicted molar refractivity (Wildman–Crippen MR) is 81.4 cm³/mol. The van der Waals surface area contributed by atoms with Gasteiger partial charge in [-0.3, -0.25) is 14.9 Å². The molecule has 1 unspecified atom stereocenters. The Bertz CT molecular complexity index is 542. The third-order valence-corrected chi connectivity index (χ3v) is 3.78. The summed E-state index contributed by atoms with van der Waals surface area (Å²) >= 11 is 0. The molecule has 0 saturated heterocycles. The zero-order chi connectivity index (χ0) is 15.6. The van der Waals surface area contributed by atoms with Crippen LogP contribution >= 0.6 is 0 Å². The van der Waals surface area contributed by atoms with Crippen molar-refractivity contribution in [2.75, 3.05) is 11.9 Å². The molecule has 1 aliphatic carbocycles. The van der Waals surface area contributed by atoms with Gasteiger partial charge in [-0.25, -0.2) is 0 Å². The lowest BCUT2D eigenvalue weighted by Gasteiger charge is -2.15. The van der Waals surface area contributed by atoms with Crippen LogP contribution in [0.4, 0.5) is 5.69 Å². The van der Waals surface area contributed by atoms with E-state index in [0.717, 1.165) is 35.2 Å². The standard InChI is InChI=1S/C16H22N2O3/c1-9-6-10(2)14(11(3)7-9)18-13(19)8-17-15(16(20)21)12-4-5-12/h6-7,12,15,17H,4-5,8H2,1-3H3,(H,18,19)(H,20,21). The second-order valence-electron chi connectivity index (χ2n) is 5.86. The molecule has 1 aromatic carbocycles. The first-order valence-corrected chi connectivity index (χ1v) is 7.22. The molecule has 114 valence electrons. The Kier molecular flexibility index (Phi) is 4.63. The molecule has 0 radical (unpaired) electrons. The summed E-state index contributed by atoms with van der Waals surface area (Å²) in [7, 11) is 0. The van der Waals surface area contributed by atoms with Crippen molar-refractivity contribution in [2.24, 2.45) is 5.92 Å². The van der Waals surface area contributed by atoms with Crippen molar-refractivity contribution >= 4 is 17.6 Å². The van der Waals surface area contributed by atoms with E-state index in [0.29, 0.717) is 0 Å². The second-order valence-corrected chi connectivity index (χ2v) is 5.86. The number of carbonyl (C=O) groups excluding carboxylic acids is 1. The molecule has 0 aliphatic heterocycles. The molecule has 0 spiro atoms. The fraction of sp³-hybridized carbons (Fsp3) is 0.500. The number of amides is 1. The Balaban J connectivity index is 1.94. The average molecular weight is 290 g/mol. The van der Waals surface area contributed by atoms with Crippen LogP contribution in [0.25, 0.3) is 0 Å². The average Bonchev–Trinajstić information content (AvgIpc) is 3.18. The van der Waals surface area contributed by atoms with Crippen LogP contribution in [-0.4, -0.2) is 29.6 Å². The van der Waals surface area contributed by atoms with E-state index in [-0.39, 0.29) is 18.4 Å². The van der Waals surface area contributed by atoms with Crippen LogP contribution < -0.4 is 10.6 Å². The first kappa shape index (κ1) is 15.5. The van der Waals surface area contributed by atoms with Crippen LogP contribution in [-0.2, 0) is 9.59 Å². The van der Waals surface area contributed by atoms with Gasteiger partial charge in [-0.05, 0) is 50.7 Å². The molecule has 1 atom stereocenters. The summed E-state index contributed by atoms with van der Waals surface area (Å²) in [6.45, 7) is 5.93. The predicted octanol–water partition coefficient (Wildman–Crippen LogP) is 2.00. The summed E-state index contributed by atoms with van der Waals surface area (Å²) in [6.07, 6.45) is 1.84. The molecule has 1 amide bonds. The Morgan fingerprint density at radius 1 is 1.24 bits per heavy atom. The summed E-state index contributed by atoms with van der Waals surface area (Å²) in [4.78, 5) is 23.1. The van der Waals surface area contributed by atoms with Gasteiger partial charge in [0.1, 0.15) is 6.04 Å². The molecular weight excluding hydrogens is 268 g/mol. The molecule has 0 heterocycles. The van der Waals surface area contributed by atoms with Crippen molar-refractivity contribution in [3.05, 3.63) is 28.8 Å². The van der Waals surface area contributed by atoms with Crippen LogP contribution in [0.5, 0.6) is 0 Å². The fourth-order valence-electron chi connectivity index (χ4n) is 2.65. The zero-order valence-electron chi connectivity index (χ0n) is 12.7. The number of nitrogens with one attached hydrogen (secondary N) is 2. The van der Waals surface area contributed by atoms with E-state index in [4.69, 9.17) is 5.11 Å². The lowest BCUT2D eigenvalue weighted by atomic mass is 10.1. The number of carbonyl (C=O) groups is 2. The van der Waals surface area contributed by atoms with Crippen molar-refractivity contribution in [3.63, 3.8) is 0 Å². The zero-order valence-corrected chi connectivity index (χ0v) is 12.7. The molecule has 1 aliphatic rings. The molecule has 5 heteroatoms. The van der Waals surface area contributed by atoms with Gasteiger partial charge in [0.15, 0.2) is 0 Å². The van der Waals surface area contributed by atoms with E-state index >= 15 is 0 Å². The minimum absolute atomic E-state index is 0.0141. The Morgan fingerprint density at radius 2 is 1.81 bits per heavy atom. The summed E-state index contributed by atoms with van der Waals surface area (Å²) in [5, 5.41) is 14.8. The van der Waals surface area contributed by atoms with E-state index in [1.165, 1.54) is 0 Å². The number of benzene rings is 1. The van der Waals surface area contributed by atoms with Crippen LogP contribution in [0, 0.1) is 26.7 Å². The van der Waals surface area contributed by atoms with Gasteiger partial charge in [-0.15, -0.1) is 0 Å². The lowest BCUT2D eigenvalue weighted by molar-refractivity contribution is -0.140. The molecular formula is C16H22N2O3. The first-order chi connectivity index (χ1) is 9.88. The number of carboxylic acids is 1. The van der Waals surface area contributed by atoms with Crippen molar-refractivity contribution in [3.8, 4) is 0 Å². The molecule has 2 rings (SSSR count). The number of anilines is 1. The van der Waals surface area contributed by atoms with E-state index in [2.05, 4.69) is 10.6 Å². The summed E-state index contributed by atoms with van der Waals surface area (Å²) in [6, 6.07) is 3.41. The molecule has 5 nitrogen and oxygen atoms in total. The van der Waals surface area contributed by atoms with Gasteiger partial charge in [-0.2, -0.15) is 0 Å². The van der Waals surface area contributed by atoms with E-state index in [1.54, 1.807) is 0 Å². The molecule has 3 N–H and O–H groups in total. The number of aryl methyl sites for hydroxylation is 3. The lowest BCUT2D eigenvalue weighted by Crippen LogP contribution is -2.42. The topological polar surface area (TPSA) is 78.4 Å². The fourth-order valence-corrected chi connectivity index (χ4v) is 2.65. The van der Waals surface area contributed by atoms with Gasteiger partial charge in [-0.1, -0.05) is 17.7 Å². The van der Waals surface area contributed by atoms with Gasteiger partial charge in [0, 0.05) is 5.69 Å². The minimum atomic E-state index is -0.881. The highest BCUT2D eigenvalue weighted by Gasteiger charge is 2.36. The molecule has 1 saturated carbocycles. The van der Waals surface area contributed by atoms with Crippen molar-refractivity contribution in [1.82, 2.24) is 5.32 Å². The molecule has 1 aromatic rings. The number of hydrogen-bond donors (Lipinski definition) is 3. The van der Waals surface area contributed by atoms with Crippen LogP contribution in [0.15, 0.2) is 12.1 Å². The van der Waals surface area contributed by atoms with Gasteiger partial charge in [0.05, 0.1) is 6.54 Å². The third-order valence-electron chi connectivity index (χ3n) is 3.78. The third kappa shape index (κ3) is 4.04. The van der Waals surface area contributed by atoms with Crippen LogP contribution in [0.3, 0.4) is 0 Å². The SMILES string of the molecule is Cc1cc(C)c(NC(=O)CNC(C(=O)O)C2CC2)c(C)c1. The van der Waals surface area contributed by atoms with Gasteiger partial charge < -0.3 is 10.4 Å². The largest absolute Gasteiger partial charge is 0.480 e. The van der Waals surface area contributed by atoms with E-state index in [9.17, 15) is 9.59 Å². The number of carboxylic acid groups (broad SMARTS) is 1. The van der Waals surface area contributed by atoms with Gasteiger partial charge in [0.25, 0.3) is 0 Å². The van der Waals surface area contributed by atoms with Crippen LogP contribution in [0.1, 0.15) is 29.5 Å². The molecule has 21 heavy (non-hydrogen) atoms. The number of rotatable bonds is 6. The van der Waals surface area contributed by atoms with Gasteiger partial charge >= 0.3 is 5.97 Å². The number of hydrogen-bond acceptors (Lipinski definition) is 3. The quantitative estimate of drug-likeness (QED) is 0.749. The Labute approximate surface area is 124 Å². The van der Waals surface area contributed by atoms with Crippen molar-refractivity contribution in [1.29, 1.82) is 0 Å². The monoisotopic (exact) mass is 290 g/mol. The Hall–Kier alpha value is -1.88. The van der Waals surface area contributed by atoms with E-state index in [1.807, 2.05) is 32.9 Å². The van der Waals surface area contributed by atoms with E-state index < -0.39 is 12.0 Å². The smallest absolute Gasteiger partial charge is 0.320 e. The number of aliphatic carboxylic acids is 1. The Morgan fingerprint density at radius 3 is 2.29 bits per heavy atom. The van der Waals surface area contributed by atoms with Crippen LogP contribution in [0.2, 0.25) is 0 Å². The maximum Gasteiger partial charge on any atom is 0.320 e. The highest BCUT2D eigenvalue weighted by Crippen LogP contribution is 2.32. The second kappa shape index (κ2) is 6.26. The summed E-state index contributed by atoms with van der Waals surface area (Å²) in [5.41, 5.74) is 3.99. The highest BCUT2D eigenvalue weighted by molar-refractivity contribution is 5.94. The minimum Gasteiger partial charge on any atom is -0.480 e. The first-order valence-electron chi connectivity index (χ1n) is 7.22. The molecule has 0 bridgehead atoms. The highest BCUT2D eigenvalue weighted by atomic mass is 16.4. The van der Waals surface area contributed by atoms with Crippen molar-refractivity contribution in [2.45, 2.75) is 39.7 Å². The normalized spacial score (nSPS) is 15.6. The molecule has 1 fully saturated rings. The molecule has 0 aromatic heterocycles. The van der Waals surface area contributed by atoms with Crippen molar-refractivity contribution < 1.29 is 14.7 Å². The maximum atomic E-state index is 12.0. The maximum absolute atomic E-state index is 12.0. The van der Waals surface area contributed by atoms with Gasteiger partial charge in [0.2, 0.25) is 5.91 Å². The summed E-state index contributed by atoms with van der Waals surface area (Å²) < 4.78 is 0. The summed E-state index contributed by atoms with van der Waals surface area (Å²) in [5.74, 6) is -0.928.